The van der Waals surface area contributed by atoms with Gasteiger partial charge in [-0.2, -0.15) is 0 Å². The van der Waals surface area contributed by atoms with Crippen molar-refractivity contribution in [3.8, 4) is 0 Å². The highest BCUT2D eigenvalue weighted by atomic mass is 16.5. The van der Waals surface area contributed by atoms with E-state index in [-0.39, 0.29) is 11.8 Å². The maximum atomic E-state index is 11.5. The van der Waals surface area contributed by atoms with Crippen molar-refractivity contribution >= 4 is 11.9 Å². The summed E-state index contributed by atoms with van der Waals surface area (Å²) in [6.07, 6.45) is 2.34. The van der Waals surface area contributed by atoms with Crippen LogP contribution in [0.3, 0.4) is 0 Å². The Morgan fingerprint density at radius 3 is 2.82 bits per heavy atom. The highest BCUT2D eigenvalue weighted by Crippen LogP contribution is 2.38. The predicted molar refractivity (Wildman–Crippen MR) is 87.9 cm³/mol. The topological polar surface area (TPSA) is 66.0 Å². The standard InChI is InChI=1S/C16H30N4O2/c1-4-17-15(19-8-7-18-14(21)13(2)3)20-9-5-16(11-20)6-10-22-12-16/h13H,4-12H2,1-3H3,(H,17,19)(H,18,21). The molecule has 2 aliphatic rings. The van der Waals surface area contributed by atoms with E-state index in [2.05, 4.69) is 27.4 Å². The lowest BCUT2D eigenvalue weighted by Crippen LogP contribution is -2.42. The van der Waals surface area contributed by atoms with E-state index in [9.17, 15) is 4.79 Å². The third-order valence-corrected chi connectivity index (χ3v) is 4.45. The number of carbonyl (C=O) groups is 1. The molecule has 2 saturated heterocycles. The molecular weight excluding hydrogens is 280 g/mol. The monoisotopic (exact) mass is 310 g/mol. The number of likely N-dealkylation sites (tertiary alicyclic amines) is 1. The third kappa shape index (κ3) is 4.35. The molecule has 0 radical (unpaired) electrons. The normalized spacial score (nSPS) is 25.3. The van der Waals surface area contributed by atoms with Crippen LogP contribution in [0.15, 0.2) is 4.99 Å². The second kappa shape index (κ2) is 7.81. The van der Waals surface area contributed by atoms with Gasteiger partial charge in [-0.15, -0.1) is 0 Å². The molecular formula is C16H30N4O2. The molecule has 1 atom stereocenters. The number of nitrogens with one attached hydrogen (secondary N) is 2. The van der Waals surface area contributed by atoms with Gasteiger partial charge in [-0.3, -0.25) is 9.79 Å². The Morgan fingerprint density at radius 1 is 1.36 bits per heavy atom. The third-order valence-electron chi connectivity index (χ3n) is 4.45. The van der Waals surface area contributed by atoms with Gasteiger partial charge in [-0.25, -0.2) is 0 Å². The lowest BCUT2D eigenvalue weighted by atomic mass is 9.87. The summed E-state index contributed by atoms with van der Waals surface area (Å²) < 4.78 is 5.58. The van der Waals surface area contributed by atoms with Crippen molar-refractivity contribution in [2.75, 3.05) is 45.9 Å². The molecule has 0 aromatic carbocycles. The average Bonchev–Trinajstić information content (AvgIpc) is 3.12. The van der Waals surface area contributed by atoms with Crippen LogP contribution >= 0.6 is 0 Å². The van der Waals surface area contributed by atoms with Gasteiger partial charge in [0.15, 0.2) is 5.96 Å². The fraction of sp³-hybridized carbons (Fsp3) is 0.875. The SMILES string of the molecule is CCNC(=NCCNC(=O)C(C)C)N1CCC2(CCOC2)C1. The summed E-state index contributed by atoms with van der Waals surface area (Å²) in [6, 6.07) is 0. The highest BCUT2D eigenvalue weighted by molar-refractivity contribution is 5.80. The molecule has 2 fully saturated rings. The van der Waals surface area contributed by atoms with Crippen molar-refractivity contribution in [1.82, 2.24) is 15.5 Å². The van der Waals surface area contributed by atoms with Gasteiger partial charge in [-0.05, 0) is 19.8 Å². The fourth-order valence-electron chi connectivity index (χ4n) is 3.06. The average molecular weight is 310 g/mol. The summed E-state index contributed by atoms with van der Waals surface area (Å²) in [5.74, 6) is 1.08. The summed E-state index contributed by atoms with van der Waals surface area (Å²) in [5, 5.41) is 6.27. The number of nitrogens with zero attached hydrogens (tertiary/aromatic N) is 2. The van der Waals surface area contributed by atoms with E-state index < -0.39 is 0 Å². The zero-order chi connectivity index (χ0) is 16.0. The molecule has 126 valence electrons. The second-order valence-corrected chi connectivity index (χ2v) is 6.66. The maximum Gasteiger partial charge on any atom is 0.222 e. The minimum atomic E-state index is 0.0259. The molecule has 6 nitrogen and oxygen atoms in total. The number of hydrogen-bond donors (Lipinski definition) is 2. The molecule has 2 aliphatic heterocycles. The van der Waals surface area contributed by atoms with Crippen molar-refractivity contribution in [2.24, 2.45) is 16.3 Å². The van der Waals surface area contributed by atoms with E-state index in [0.29, 0.717) is 18.5 Å². The Kier molecular flexibility index (Phi) is 6.06. The summed E-state index contributed by atoms with van der Waals surface area (Å²) in [6.45, 7) is 11.8. The molecule has 0 saturated carbocycles. The number of hydrogen-bond acceptors (Lipinski definition) is 3. The Morgan fingerprint density at radius 2 is 2.18 bits per heavy atom. The molecule has 6 heteroatoms. The van der Waals surface area contributed by atoms with Gasteiger partial charge in [0.05, 0.1) is 13.2 Å². The summed E-state index contributed by atoms with van der Waals surface area (Å²) in [4.78, 5) is 18.5. The first kappa shape index (κ1) is 17.1. The van der Waals surface area contributed by atoms with Gasteiger partial charge in [0.1, 0.15) is 0 Å². The van der Waals surface area contributed by atoms with Crippen molar-refractivity contribution in [3.63, 3.8) is 0 Å². The molecule has 1 spiro atoms. The number of rotatable bonds is 5. The van der Waals surface area contributed by atoms with Gasteiger partial charge in [0, 0.05) is 44.1 Å². The van der Waals surface area contributed by atoms with Crippen molar-refractivity contribution < 1.29 is 9.53 Å². The van der Waals surface area contributed by atoms with E-state index in [1.165, 1.54) is 6.42 Å². The summed E-state index contributed by atoms with van der Waals surface area (Å²) in [7, 11) is 0. The molecule has 1 unspecified atom stereocenters. The van der Waals surface area contributed by atoms with E-state index >= 15 is 0 Å². The van der Waals surface area contributed by atoms with Crippen LogP contribution in [0.5, 0.6) is 0 Å². The van der Waals surface area contributed by atoms with Crippen LogP contribution in [0, 0.1) is 11.3 Å². The van der Waals surface area contributed by atoms with Crippen molar-refractivity contribution in [2.45, 2.75) is 33.6 Å². The number of guanidine groups is 1. The number of ether oxygens (including phenoxy) is 1. The van der Waals surface area contributed by atoms with Gasteiger partial charge >= 0.3 is 0 Å². The molecule has 2 heterocycles. The highest BCUT2D eigenvalue weighted by Gasteiger charge is 2.42. The van der Waals surface area contributed by atoms with Crippen LogP contribution in [0.1, 0.15) is 33.6 Å². The lowest BCUT2D eigenvalue weighted by Gasteiger charge is -2.25. The largest absolute Gasteiger partial charge is 0.381 e. The Balaban J connectivity index is 1.84. The first-order valence-corrected chi connectivity index (χ1v) is 8.45. The minimum absolute atomic E-state index is 0.0259. The quantitative estimate of drug-likeness (QED) is 0.449. The molecule has 0 bridgehead atoms. The zero-order valence-electron chi connectivity index (χ0n) is 14.2. The minimum Gasteiger partial charge on any atom is -0.381 e. The Labute approximate surface area is 133 Å². The van der Waals surface area contributed by atoms with Crippen LogP contribution in [0.2, 0.25) is 0 Å². The Bertz CT molecular complexity index is 403. The first-order chi connectivity index (χ1) is 10.6. The molecule has 0 aliphatic carbocycles. The number of amides is 1. The molecule has 0 aromatic rings. The second-order valence-electron chi connectivity index (χ2n) is 6.66. The van der Waals surface area contributed by atoms with Crippen LogP contribution < -0.4 is 10.6 Å². The summed E-state index contributed by atoms with van der Waals surface area (Å²) >= 11 is 0. The van der Waals surface area contributed by atoms with Crippen LogP contribution in [-0.4, -0.2) is 62.7 Å². The Hall–Kier alpha value is -1.30. The molecule has 2 rings (SSSR count). The smallest absolute Gasteiger partial charge is 0.222 e. The van der Waals surface area contributed by atoms with Gasteiger partial charge in [-0.1, -0.05) is 13.8 Å². The van der Waals surface area contributed by atoms with Gasteiger partial charge in [0.2, 0.25) is 5.91 Å². The predicted octanol–water partition coefficient (Wildman–Crippen LogP) is 0.837. The molecule has 22 heavy (non-hydrogen) atoms. The molecule has 0 aromatic heterocycles. The molecule has 2 N–H and O–H groups in total. The number of aliphatic imine (C=N–C) groups is 1. The van der Waals surface area contributed by atoms with E-state index in [1.807, 2.05) is 13.8 Å². The maximum absolute atomic E-state index is 11.5. The fourth-order valence-corrected chi connectivity index (χ4v) is 3.06. The van der Waals surface area contributed by atoms with Crippen molar-refractivity contribution in [3.05, 3.63) is 0 Å². The van der Waals surface area contributed by atoms with Crippen molar-refractivity contribution in [1.29, 1.82) is 0 Å². The van der Waals surface area contributed by atoms with Crippen LogP contribution in [-0.2, 0) is 9.53 Å². The number of carbonyl (C=O) groups excluding carboxylic acids is 1. The van der Waals surface area contributed by atoms with E-state index in [0.717, 1.165) is 45.2 Å². The zero-order valence-corrected chi connectivity index (χ0v) is 14.2. The van der Waals surface area contributed by atoms with Gasteiger partial charge < -0.3 is 20.3 Å². The van der Waals surface area contributed by atoms with Gasteiger partial charge in [0.25, 0.3) is 0 Å². The molecule has 1 amide bonds. The summed E-state index contributed by atoms with van der Waals surface area (Å²) in [5.41, 5.74) is 0.335. The lowest BCUT2D eigenvalue weighted by molar-refractivity contribution is -0.123. The first-order valence-electron chi connectivity index (χ1n) is 8.45. The van der Waals surface area contributed by atoms with E-state index in [1.54, 1.807) is 0 Å². The van der Waals surface area contributed by atoms with E-state index in [4.69, 9.17) is 4.74 Å². The van der Waals surface area contributed by atoms with Crippen LogP contribution in [0.25, 0.3) is 0 Å². The van der Waals surface area contributed by atoms with Crippen LogP contribution in [0.4, 0.5) is 0 Å².